The molecule has 0 aliphatic carbocycles. The third-order valence-corrected chi connectivity index (χ3v) is 1.83. The van der Waals surface area contributed by atoms with Crippen LogP contribution in [0.5, 0.6) is 0 Å². The Hall–Kier alpha value is 0.120. The van der Waals surface area contributed by atoms with E-state index >= 15 is 0 Å². The molecule has 2 atom stereocenters. The van der Waals surface area contributed by atoms with Crippen molar-refractivity contribution in [2.75, 3.05) is 0 Å². The van der Waals surface area contributed by atoms with E-state index in [1.807, 2.05) is 0 Å². The molecule has 0 aliphatic rings. The SMILES string of the molecule is O=S(O)C(F)(Cl)C(F)(F)F. The van der Waals surface area contributed by atoms with E-state index < -0.39 is 21.7 Å². The molecule has 0 aromatic rings. The minimum Gasteiger partial charge on any atom is -0.302 e. The van der Waals surface area contributed by atoms with Crippen molar-refractivity contribution >= 4 is 22.7 Å². The number of hydrogen-bond acceptors (Lipinski definition) is 1. The van der Waals surface area contributed by atoms with E-state index in [9.17, 15) is 21.8 Å². The van der Waals surface area contributed by atoms with Gasteiger partial charge in [0.2, 0.25) is 11.1 Å². The molecule has 62 valence electrons. The first-order chi connectivity index (χ1) is 4.19. The van der Waals surface area contributed by atoms with E-state index in [1.54, 1.807) is 0 Å². The molecule has 0 saturated carbocycles. The number of halogens is 5. The summed E-state index contributed by atoms with van der Waals surface area (Å²) in [5.74, 6) is 0. The van der Waals surface area contributed by atoms with Crippen molar-refractivity contribution in [3.63, 3.8) is 0 Å². The maximum atomic E-state index is 11.8. The lowest BCUT2D eigenvalue weighted by atomic mass is 10.7. The molecule has 2 unspecified atom stereocenters. The Balaban J connectivity index is 4.57. The van der Waals surface area contributed by atoms with Crippen LogP contribution >= 0.6 is 11.6 Å². The van der Waals surface area contributed by atoms with E-state index in [0.29, 0.717) is 0 Å². The standard InChI is InChI=1S/C2HClF4O2S/c3-1(4,10(8)9)2(5,6)7/h(H,8,9). The third-order valence-electron chi connectivity index (χ3n) is 0.549. The Morgan fingerprint density at radius 1 is 1.30 bits per heavy atom. The fraction of sp³-hybridized carbons (Fsp3) is 1.00. The van der Waals surface area contributed by atoms with Gasteiger partial charge in [-0.15, -0.1) is 0 Å². The molecule has 1 N–H and O–H groups in total. The first kappa shape index (κ1) is 10.1. The molecule has 0 rings (SSSR count). The van der Waals surface area contributed by atoms with Gasteiger partial charge < -0.3 is 4.55 Å². The molecular weight excluding hydrogens is 200 g/mol. The van der Waals surface area contributed by atoms with Gasteiger partial charge in [0.05, 0.1) is 0 Å². The van der Waals surface area contributed by atoms with E-state index in [4.69, 9.17) is 4.55 Å². The molecule has 0 heterocycles. The minimum absolute atomic E-state index is 3.77. The van der Waals surface area contributed by atoms with E-state index in [-0.39, 0.29) is 0 Å². The van der Waals surface area contributed by atoms with Crippen LogP contribution in [0.15, 0.2) is 0 Å². The van der Waals surface area contributed by atoms with Crippen LogP contribution in [0.2, 0.25) is 0 Å². The summed E-state index contributed by atoms with van der Waals surface area (Å²) in [7, 11) is 0. The predicted molar refractivity (Wildman–Crippen MR) is 26.5 cm³/mol. The van der Waals surface area contributed by atoms with Crippen LogP contribution < -0.4 is 0 Å². The van der Waals surface area contributed by atoms with Gasteiger partial charge in [0.15, 0.2) is 0 Å². The van der Waals surface area contributed by atoms with Gasteiger partial charge >= 0.3 is 10.6 Å². The van der Waals surface area contributed by atoms with Crippen LogP contribution in [0.3, 0.4) is 0 Å². The van der Waals surface area contributed by atoms with Gasteiger partial charge in [-0.1, -0.05) is 11.6 Å². The summed E-state index contributed by atoms with van der Waals surface area (Å²) >= 11 is 0.234. The molecule has 0 aliphatic heterocycles. The summed E-state index contributed by atoms with van der Waals surface area (Å²) in [5, 5.41) is 0. The zero-order chi connectivity index (χ0) is 8.58. The second-order valence-electron chi connectivity index (χ2n) is 1.26. The number of alkyl halides is 5. The third kappa shape index (κ3) is 1.80. The van der Waals surface area contributed by atoms with Crippen molar-refractivity contribution in [1.29, 1.82) is 0 Å². The van der Waals surface area contributed by atoms with Crippen LogP contribution in [0.1, 0.15) is 0 Å². The molecule has 2 nitrogen and oxygen atoms in total. The monoisotopic (exact) mass is 200 g/mol. The fourth-order valence-electron chi connectivity index (χ4n) is 0.0990. The molecule has 0 radical (unpaired) electrons. The fourth-order valence-corrected chi connectivity index (χ4v) is 0.297. The van der Waals surface area contributed by atoms with Gasteiger partial charge in [0.1, 0.15) is 0 Å². The van der Waals surface area contributed by atoms with Crippen molar-refractivity contribution in [3.05, 3.63) is 0 Å². The second-order valence-corrected chi connectivity index (χ2v) is 3.07. The predicted octanol–water partition coefficient (Wildman–Crippen LogP) is 1.63. The van der Waals surface area contributed by atoms with Gasteiger partial charge in [-0.05, 0) is 0 Å². The summed E-state index contributed by atoms with van der Waals surface area (Å²) in [5.41, 5.74) is 0. The van der Waals surface area contributed by atoms with Crippen molar-refractivity contribution in [1.82, 2.24) is 0 Å². The van der Waals surface area contributed by atoms with Gasteiger partial charge in [-0.3, -0.25) is 0 Å². The molecular formula is C2HClF4O2S. The quantitative estimate of drug-likeness (QED) is 0.397. The molecule has 0 bridgehead atoms. The van der Waals surface area contributed by atoms with Crippen LogP contribution in [0.4, 0.5) is 17.6 Å². The van der Waals surface area contributed by atoms with Crippen molar-refractivity contribution in [3.8, 4) is 0 Å². The Morgan fingerprint density at radius 3 is 1.60 bits per heavy atom. The lowest BCUT2D eigenvalue weighted by Crippen LogP contribution is -2.39. The highest BCUT2D eigenvalue weighted by molar-refractivity contribution is 7.82. The van der Waals surface area contributed by atoms with Gasteiger partial charge in [0, 0.05) is 0 Å². The maximum Gasteiger partial charge on any atom is 0.452 e. The summed E-state index contributed by atoms with van der Waals surface area (Å²) in [6, 6.07) is 0. The summed E-state index contributed by atoms with van der Waals surface area (Å²) in [4.78, 5) is 0. The van der Waals surface area contributed by atoms with Crippen LogP contribution in [0.25, 0.3) is 0 Å². The smallest absolute Gasteiger partial charge is 0.302 e. The van der Waals surface area contributed by atoms with Crippen molar-refractivity contribution in [2.24, 2.45) is 0 Å². The summed E-state index contributed by atoms with van der Waals surface area (Å²) < 4.78 is 58.1. The topological polar surface area (TPSA) is 37.3 Å². The largest absolute Gasteiger partial charge is 0.452 e. The highest BCUT2D eigenvalue weighted by Gasteiger charge is 2.60. The zero-order valence-electron chi connectivity index (χ0n) is 4.15. The van der Waals surface area contributed by atoms with E-state index in [0.717, 1.165) is 0 Å². The summed E-state index contributed by atoms with van der Waals surface area (Å²) in [6.45, 7) is 0. The molecule has 0 fully saturated rings. The molecule has 0 spiro atoms. The Kier molecular flexibility index (Phi) is 2.66. The molecule has 8 heteroatoms. The molecule has 0 aromatic heterocycles. The first-order valence-corrected chi connectivity index (χ1v) is 3.23. The van der Waals surface area contributed by atoms with Crippen LogP contribution in [-0.4, -0.2) is 19.4 Å². The van der Waals surface area contributed by atoms with Crippen molar-refractivity contribution in [2.45, 2.75) is 10.6 Å². The van der Waals surface area contributed by atoms with Crippen LogP contribution in [-0.2, 0) is 11.1 Å². The number of rotatable bonds is 1. The average molecular weight is 201 g/mol. The van der Waals surface area contributed by atoms with Gasteiger partial charge in [-0.25, -0.2) is 4.21 Å². The minimum atomic E-state index is -5.53. The lowest BCUT2D eigenvalue weighted by Gasteiger charge is -2.15. The zero-order valence-corrected chi connectivity index (χ0v) is 5.73. The van der Waals surface area contributed by atoms with Gasteiger partial charge in [-0.2, -0.15) is 17.6 Å². The first-order valence-electron chi connectivity index (χ1n) is 1.75. The highest BCUT2D eigenvalue weighted by Crippen LogP contribution is 2.39. The maximum absolute atomic E-state index is 11.8. The van der Waals surface area contributed by atoms with Gasteiger partial charge in [0.25, 0.3) is 0 Å². The lowest BCUT2D eigenvalue weighted by molar-refractivity contribution is -0.170. The van der Waals surface area contributed by atoms with Crippen LogP contribution in [0, 0.1) is 0 Å². The van der Waals surface area contributed by atoms with E-state index in [1.165, 1.54) is 0 Å². The molecule has 0 aromatic carbocycles. The Labute approximate surface area is 60.4 Å². The highest BCUT2D eigenvalue weighted by atomic mass is 35.5. The average Bonchev–Trinajstić information content (AvgIpc) is 1.62. The summed E-state index contributed by atoms with van der Waals surface area (Å²) in [6.07, 6.45) is -5.53. The normalized spacial score (nSPS) is 21.8. The Morgan fingerprint density at radius 2 is 1.60 bits per heavy atom. The molecule has 10 heavy (non-hydrogen) atoms. The molecule has 0 amide bonds. The number of hydrogen-bond donors (Lipinski definition) is 1. The second kappa shape index (κ2) is 2.63. The van der Waals surface area contributed by atoms with Crippen molar-refractivity contribution < 1.29 is 26.3 Å². The van der Waals surface area contributed by atoms with E-state index in [2.05, 4.69) is 11.6 Å². The molecule has 0 saturated heterocycles. The Bertz CT molecular complexity index is 154.